The largest absolute Gasteiger partial charge is 0.444 e. The van der Waals surface area contributed by atoms with Crippen LogP contribution in [0.1, 0.15) is 98.3 Å². The SMILES string of the molecule is CC1CC=CC=C1[C@@H](C(O)NC1CCCCC1)N(CC(=O)CC1CCCN1C(=O)OC(C)(C)C)C1=CC(F)=CCC1. The van der Waals surface area contributed by atoms with E-state index in [1.54, 1.807) is 11.0 Å². The summed E-state index contributed by atoms with van der Waals surface area (Å²) in [7, 11) is 0. The molecule has 228 valence electrons. The molecule has 0 aromatic carbocycles. The molecule has 0 spiro atoms. The number of likely N-dealkylation sites (tertiary alicyclic amines) is 1. The molecule has 0 aromatic rings. The van der Waals surface area contributed by atoms with E-state index in [1.807, 2.05) is 31.7 Å². The summed E-state index contributed by atoms with van der Waals surface area (Å²) in [5.41, 5.74) is 1.16. The lowest BCUT2D eigenvalue weighted by atomic mass is 9.85. The molecule has 4 atom stereocenters. The van der Waals surface area contributed by atoms with E-state index in [4.69, 9.17) is 4.74 Å². The summed E-state index contributed by atoms with van der Waals surface area (Å²) in [6.07, 6.45) is 17.3. The molecular weight excluding hydrogens is 521 g/mol. The average Bonchev–Trinajstić information content (AvgIpc) is 3.37. The van der Waals surface area contributed by atoms with Crippen LogP contribution in [0.4, 0.5) is 9.18 Å². The Hall–Kier alpha value is -2.45. The summed E-state index contributed by atoms with van der Waals surface area (Å²) in [4.78, 5) is 30.3. The van der Waals surface area contributed by atoms with E-state index in [0.717, 1.165) is 56.2 Å². The highest BCUT2D eigenvalue weighted by atomic mass is 19.1. The Kier molecular flexibility index (Phi) is 10.9. The summed E-state index contributed by atoms with van der Waals surface area (Å²) < 4.78 is 20.2. The van der Waals surface area contributed by atoms with Crippen molar-refractivity contribution in [1.29, 1.82) is 0 Å². The number of carbonyl (C=O) groups is 2. The van der Waals surface area contributed by atoms with Gasteiger partial charge in [0, 0.05) is 30.7 Å². The molecule has 1 saturated heterocycles. The normalized spacial score (nSPS) is 25.2. The number of Topliss-reactive ketones (excluding diaryl/α,β-unsaturated/α-hetero) is 1. The molecule has 1 saturated carbocycles. The van der Waals surface area contributed by atoms with Gasteiger partial charge < -0.3 is 19.6 Å². The van der Waals surface area contributed by atoms with Gasteiger partial charge in [-0.05, 0) is 89.4 Å². The Morgan fingerprint density at radius 3 is 2.63 bits per heavy atom. The van der Waals surface area contributed by atoms with Crippen molar-refractivity contribution < 1.29 is 23.8 Å². The highest BCUT2D eigenvalue weighted by Gasteiger charge is 2.38. The van der Waals surface area contributed by atoms with Crippen molar-refractivity contribution in [2.24, 2.45) is 5.92 Å². The van der Waals surface area contributed by atoms with Gasteiger partial charge in [-0.25, -0.2) is 9.18 Å². The first-order valence-corrected chi connectivity index (χ1v) is 15.7. The topological polar surface area (TPSA) is 82.1 Å². The molecule has 2 N–H and O–H groups in total. The number of nitrogens with zero attached hydrogens (tertiary/aromatic N) is 2. The van der Waals surface area contributed by atoms with Crippen LogP contribution in [0.25, 0.3) is 0 Å². The second-order valence-corrected chi connectivity index (χ2v) is 13.2. The summed E-state index contributed by atoms with van der Waals surface area (Å²) in [5, 5.41) is 15.3. The molecule has 4 aliphatic rings. The molecular formula is C33H50FN3O4. The van der Waals surface area contributed by atoms with E-state index in [-0.39, 0.29) is 48.7 Å². The fourth-order valence-corrected chi connectivity index (χ4v) is 6.67. The summed E-state index contributed by atoms with van der Waals surface area (Å²) in [6.45, 7) is 8.28. The van der Waals surface area contributed by atoms with Crippen molar-refractivity contribution >= 4 is 11.9 Å². The second-order valence-electron chi connectivity index (χ2n) is 13.2. The van der Waals surface area contributed by atoms with Crippen molar-refractivity contribution in [2.75, 3.05) is 13.1 Å². The number of ketones is 1. The van der Waals surface area contributed by atoms with Crippen LogP contribution < -0.4 is 5.32 Å². The third kappa shape index (κ3) is 8.77. The molecule has 0 bridgehead atoms. The highest BCUT2D eigenvalue weighted by molar-refractivity contribution is 5.82. The Morgan fingerprint density at radius 1 is 1.20 bits per heavy atom. The van der Waals surface area contributed by atoms with Crippen LogP contribution in [0.3, 0.4) is 0 Å². The first kappa shape index (κ1) is 31.5. The van der Waals surface area contributed by atoms with E-state index in [0.29, 0.717) is 19.4 Å². The van der Waals surface area contributed by atoms with Crippen LogP contribution in [-0.2, 0) is 9.53 Å². The number of allylic oxidation sites excluding steroid dienone is 7. The Labute approximate surface area is 245 Å². The smallest absolute Gasteiger partial charge is 0.410 e. The van der Waals surface area contributed by atoms with E-state index < -0.39 is 17.9 Å². The zero-order valence-corrected chi connectivity index (χ0v) is 25.4. The molecule has 0 radical (unpaired) electrons. The highest BCUT2D eigenvalue weighted by Crippen LogP contribution is 2.34. The summed E-state index contributed by atoms with van der Waals surface area (Å²) in [5.74, 6) is -0.169. The second kappa shape index (κ2) is 14.1. The van der Waals surface area contributed by atoms with E-state index in [1.165, 1.54) is 12.5 Å². The molecule has 1 amide bonds. The number of halogens is 1. The molecule has 1 aliphatic heterocycles. The van der Waals surface area contributed by atoms with Crippen LogP contribution in [0.5, 0.6) is 0 Å². The maximum atomic E-state index is 14.6. The van der Waals surface area contributed by atoms with Crippen molar-refractivity contribution in [2.45, 2.75) is 128 Å². The quantitative estimate of drug-likeness (QED) is 0.299. The Balaban J connectivity index is 1.59. The molecule has 8 heteroatoms. The zero-order chi connectivity index (χ0) is 29.6. The number of aliphatic hydroxyl groups excluding tert-OH is 1. The van der Waals surface area contributed by atoms with Crippen molar-refractivity contribution in [3.05, 3.63) is 47.5 Å². The molecule has 41 heavy (non-hydrogen) atoms. The fraction of sp³-hybridized carbons (Fsp3) is 0.697. The van der Waals surface area contributed by atoms with Gasteiger partial charge in [0.05, 0.1) is 12.6 Å². The number of amides is 1. The van der Waals surface area contributed by atoms with Crippen molar-refractivity contribution in [3.63, 3.8) is 0 Å². The van der Waals surface area contributed by atoms with Gasteiger partial charge in [-0.2, -0.15) is 0 Å². The van der Waals surface area contributed by atoms with Gasteiger partial charge in [-0.15, -0.1) is 0 Å². The number of aliphatic hydroxyl groups is 1. The monoisotopic (exact) mass is 571 g/mol. The average molecular weight is 572 g/mol. The number of hydrogen-bond donors (Lipinski definition) is 2. The zero-order valence-electron chi connectivity index (χ0n) is 25.4. The lowest BCUT2D eigenvalue weighted by Gasteiger charge is -2.43. The van der Waals surface area contributed by atoms with Crippen LogP contribution in [-0.4, -0.2) is 69.8 Å². The minimum absolute atomic E-state index is 0.0317. The van der Waals surface area contributed by atoms with Crippen LogP contribution >= 0.6 is 0 Å². The predicted octanol–water partition coefficient (Wildman–Crippen LogP) is 6.31. The maximum absolute atomic E-state index is 14.6. The molecule has 2 fully saturated rings. The minimum Gasteiger partial charge on any atom is -0.444 e. The van der Waals surface area contributed by atoms with Gasteiger partial charge in [0.25, 0.3) is 0 Å². The number of rotatable bonds is 10. The van der Waals surface area contributed by atoms with E-state index >= 15 is 0 Å². The van der Waals surface area contributed by atoms with Crippen LogP contribution in [0.15, 0.2) is 47.5 Å². The number of carbonyl (C=O) groups excluding carboxylic acids is 2. The van der Waals surface area contributed by atoms with E-state index in [9.17, 15) is 19.1 Å². The molecule has 4 rings (SSSR count). The molecule has 0 aromatic heterocycles. The molecule has 3 unspecified atom stereocenters. The first-order valence-electron chi connectivity index (χ1n) is 15.7. The lowest BCUT2D eigenvalue weighted by Crippen LogP contribution is -2.55. The van der Waals surface area contributed by atoms with Gasteiger partial charge in [-0.3, -0.25) is 10.1 Å². The maximum Gasteiger partial charge on any atom is 0.410 e. The first-order chi connectivity index (χ1) is 19.5. The summed E-state index contributed by atoms with van der Waals surface area (Å²) in [6, 6.07) is -0.522. The Bertz CT molecular complexity index is 1050. The number of ether oxygens (including phenoxy) is 1. The number of hydrogen-bond acceptors (Lipinski definition) is 6. The minimum atomic E-state index is -0.911. The van der Waals surface area contributed by atoms with E-state index in [2.05, 4.69) is 24.4 Å². The number of nitrogens with one attached hydrogen (secondary N) is 1. The fourth-order valence-electron chi connectivity index (χ4n) is 6.67. The Morgan fingerprint density at radius 2 is 1.95 bits per heavy atom. The van der Waals surface area contributed by atoms with Gasteiger partial charge in [0.1, 0.15) is 17.7 Å². The van der Waals surface area contributed by atoms with Gasteiger partial charge in [0.15, 0.2) is 5.78 Å². The molecule has 7 nitrogen and oxygen atoms in total. The molecule has 3 aliphatic carbocycles. The standard InChI is InChI=1S/C33H50FN3O4/c1-23-12-8-9-18-29(23)30(31(39)35-25-14-6-5-7-15-25)37(26-16-10-13-24(34)20-26)22-28(38)21-27-17-11-19-36(27)32(40)41-33(2,3)4/h8-9,13,18,20,23,25,27,30-31,35,39H,5-7,10-12,14-17,19,21-22H2,1-4H3/t23?,27?,30-,31?/m0/s1. The van der Waals surface area contributed by atoms with Crippen LogP contribution in [0, 0.1) is 5.92 Å². The van der Waals surface area contributed by atoms with Gasteiger partial charge >= 0.3 is 6.09 Å². The third-order valence-electron chi connectivity index (χ3n) is 8.70. The van der Waals surface area contributed by atoms with Crippen molar-refractivity contribution in [1.82, 2.24) is 15.1 Å². The lowest BCUT2D eigenvalue weighted by molar-refractivity contribution is -0.121. The molecule has 1 heterocycles. The van der Waals surface area contributed by atoms with Crippen LogP contribution in [0.2, 0.25) is 0 Å². The van der Waals surface area contributed by atoms with Gasteiger partial charge in [0.2, 0.25) is 0 Å². The van der Waals surface area contributed by atoms with Crippen molar-refractivity contribution in [3.8, 4) is 0 Å². The predicted molar refractivity (Wildman–Crippen MR) is 160 cm³/mol. The third-order valence-corrected chi connectivity index (χ3v) is 8.70. The van der Waals surface area contributed by atoms with Gasteiger partial charge in [-0.1, -0.05) is 44.4 Å². The summed E-state index contributed by atoms with van der Waals surface area (Å²) >= 11 is 0.